The minimum atomic E-state index is -1.13. The smallest absolute Gasteiger partial charge is 0.277 e. The fourth-order valence-electron chi connectivity index (χ4n) is 2.93. The van der Waals surface area contributed by atoms with Gasteiger partial charge in [-0.1, -0.05) is 18.9 Å². The number of carbonyl (C=O) groups is 3. The maximum absolute atomic E-state index is 12.1. The summed E-state index contributed by atoms with van der Waals surface area (Å²) in [6.07, 6.45) is 5.61. The zero-order chi connectivity index (χ0) is 12.5. The first kappa shape index (κ1) is 11.8. The van der Waals surface area contributed by atoms with Gasteiger partial charge in [0.2, 0.25) is 11.8 Å². The molecule has 1 aliphatic heterocycles. The van der Waals surface area contributed by atoms with Gasteiger partial charge in [0, 0.05) is 0 Å². The quantitative estimate of drug-likeness (QED) is 0.569. The Balaban J connectivity index is 2.37. The summed E-state index contributed by atoms with van der Waals surface area (Å²) < 4.78 is 0. The number of barbiturate groups is 1. The highest BCUT2D eigenvalue weighted by Crippen LogP contribution is 2.44. The summed E-state index contributed by atoms with van der Waals surface area (Å²) in [7, 11) is 0. The Morgan fingerprint density at radius 1 is 1.18 bits per heavy atom. The second-order valence-corrected chi connectivity index (χ2v) is 4.68. The van der Waals surface area contributed by atoms with E-state index < -0.39 is 23.3 Å². The predicted molar refractivity (Wildman–Crippen MR) is 60.9 cm³/mol. The Kier molecular flexibility index (Phi) is 3.00. The molecule has 1 heterocycles. The molecule has 0 radical (unpaired) electrons. The Hall–Kier alpha value is -1.65. The van der Waals surface area contributed by atoms with Crippen molar-refractivity contribution >= 4 is 17.8 Å². The molecular formula is C12H16N2O3. The van der Waals surface area contributed by atoms with Gasteiger partial charge in [-0.3, -0.25) is 20.2 Å². The summed E-state index contributed by atoms with van der Waals surface area (Å²) in [5.41, 5.74) is -1.13. The number of nitrogens with one attached hydrogen (secondary N) is 2. The largest absolute Gasteiger partial charge is 0.328 e. The van der Waals surface area contributed by atoms with E-state index in [2.05, 4.69) is 17.2 Å². The standard InChI is InChI=1S/C12H16N2O3/c1-2-7-12(8-5-3-4-6-8)9(15)13-11(17)14-10(12)16/h2,8H,1,3-7H2,(H2,13,14,15,16,17). The minimum absolute atomic E-state index is 0.00796. The third-order valence-electron chi connectivity index (χ3n) is 3.78. The number of urea groups is 1. The van der Waals surface area contributed by atoms with Crippen molar-refractivity contribution in [2.45, 2.75) is 32.1 Å². The average molecular weight is 236 g/mol. The molecule has 1 saturated carbocycles. The van der Waals surface area contributed by atoms with Crippen LogP contribution in [0.5, 0.6) is 0 Å². The van der Waals surface area contributed by atoms with Gasteiger partial charge >= 0.3 is 6.03 Å². The summed E-state index contributed by atoms with van der Waals surface area (Å²) in [6.45, 7) is 3.61. The lowest BCUT2D eigenvalue weighted by Gasteiger charge is -2.37. The lowest BCUT2D eigenvalue weighted by Crippen LogP contribution is -2.64. The van der Waals surface area contributed by atoms with Crippen molar-refractivity contribution in [1.82, 2.24) is 10.6 Å². The normalized spacial score (nSPS) is 24.4. The van der Waals surface area contributed by atoms with Crippen LogP contribution >= 0.6 is 0 Å². The number of imide groups is 2. The molecule has 0 atom stereocenters. The monoisotopic (exact) mass is 236 g/mol. The molecule has 2 aliphatic rings. The van der Waals surface area contributed by atoms with Crippen LogP contribution < -0.4 is 10.6 Å². The molecule has 1 saturated heterocycles. The van der Waals surface area contributed by atoms with Gasteiger partial charge in [-0.2, -0.15) is 0 Å². The predicted octanol–water partition coefficient (Wildman–Crippen LogP) is 1.11. The van der Waals surface area contributed by atoms with Gasteiger partial charge in [0.25, 0.3) is 0 Å². The van der Waals surface area contributed by atoms with Crippen LogP contribution in [-0.4, -0.2) is 17.8 Å². The Morgan fingerprint density at radius 2 is 1.71 bits per heavy atom. The molecule has 2 rings (SSSR count). The Morgan fingerprint density at radius 3 is 2.18 bits per heavy atom. The molecule has 0 bridgehead atoms. The lowest BCUT2D eigenvalue weighted by molar-refractivity contribution is -0.148. The minimum Gasteiger partial charge on any atom is -0.277 e. The topological polar surface area (TPSA) is 75.3 Å². The molecule has 0 aromatic heterocycles. The van der Waals surface area contributed by atoms with Gasteiger partial charge in [-0.15, -0.1) is 6.58 Å². The third kappa shape index (κ3) is 1.75. The van der Waals surface area contributed by atoms with Crippen molar-refractivity contribution in [2.75, 3.05) is 0 Å². The zero-order valence-electron chi connectivity index (χ0n) is 9.62. The van der Waals surface area contributed by atoms with E-state index in [4.69, 9.17) is 0 Å². The first-order valence-corrected chi connectivity index (χ1v) is 5.89. The van der Waals surface area contributed by atoms with Gasteiger partial charge in [0.1, 0.15) is 5.41 Å². The summed E-state index contributed by atoms with van der Waals surface area (Å²) >= 11 is 0. The zero-order valence-corrected chi connectivity index (χ0v) is 9.62. The number of hydrogen-bond acceptors (Lipinski definition) is 3. The maximum Gasteiger partial charge on any atom is 0.328 e. The van der Waals surface area contributed by atoms with Gasteiger partial charge in [-0.25, -0.2) is 4.79 Å². The molecular weight excluding hydrogens is 220 g/mol. The van der Waals surface area contributed by atoms with E-state index in [9.17, 15) is 14.4 Å². The number of amides is 4. The van der Waals surface area contributed by atoms with E-state index in [-0.39, 0.29) is 12.3 Å². The van der Waals surface area contributed by atoms with E-state index >= 15 is 0 Å². The molecule has 5 heteroatoms. The van der Waals surface area contributed by atoms with Crippen molar-refractivity contribution in [3.8, 4) is 0 Å². The van der Waals surface area contributed by atoms with Crippen LogP contribution in [0.3, 0.4) is 0 Å². The summed E-state index contributed by atoms with van der Waals surface area (Å²) in [4.78, 5) is 35.2. The molecule has 1 aliphatic carbocycles. The van der Waals surface area contributed by atoms with Gasteiger partial charge in [0.05, 0.1) is 0 Å². The van der Waals surface area contributed by atoms with Crippen LogP contribution in [0.25, 0.3) is 0 Å². The molecule has 0 aromatic rings. The second kappa shape index (κ2) is 4.31. The Labute approximate surface area is 99.6 Å². The van der Waals surface area contributed by atoms with E-state index in [1.807, 2.05) is 0 Å². The Bertz CT molecular complexity index is 363. The molecule has 0 aromatic carbocycles. The molecule has 4 amide bonds. The third-order valence-corrected chi connectivity index (χ3v) is 3.78. The van der Waals surface area contributed by atoms with Crippen molar-refractivity contribution in [2.24, 2.45) is 11.3 Å². The molecule has 2 fully saturated rings. The molecule has 17 heavy (non-hydrogen) atoms. The highest BCUT2D eigenvalue weighted by Gasteiger charge is 2.54. The molecule has 0 unspecified atom stereocenters. The molecule has 5 nitrogen and oxygen atoms in total. The van der Waals surface area contributed by atoms with Gasteiger partial charge in [0.15, 0.2) is 0 Å². The van der Waals surface area contributed by atoms with Crippen LogP contribution in [0.1, 0.15) is 32.1 Å². The van der Waals surface area contributed by atoms with Crippen LogP contribution in [0.2, 0.25) is 0 Å². The van der Waals surface area contributed by atoms with Crippen LogP contribution in [0.15, 0.2) is 12.7 Å². The first-order valence-electron chi connectivity index (χ1n) is 5.89. The van der Waals surface area contributed by atoms with E-state index in [0.29, 0.717) is 0 Å². The van der Waals surface area contributed by atoms with E-state index in [1.54, 1.807) is 6.08 Å². The number of carbonyl (C=O) groups excluding carboxylic acids is 3. The maximum atomic E-state index is 12.1. The fraction of sp³-hybridized carbons (Fsp3) is 0.583. The first-order chi connectivity index (χ1) is 8.11. The van der Waals surface area contributed by atoms with Crippen molar-refractivity contribution in [3.05, 3.63) is 12.7 Å². The number of hydrogen-bond donors (Lipinski definition) is 2. The van der Waals surface area contributed by atoms with Crippen LogP contribution in [0.4, 0.5) is 4.79 Å². The SMILES string of the molecule is C=CCC1(C2CCCC2)C(=O)NC(=O)NC1=O. The molecule has 92 valence electrons. The van der Waals surface area contributed by atoms with Crippen molar-refractivity contribution in [3.63, 3.8) is 0 Å². The second-order valence-electron chi connectivity index (χ2n) is 4.68. The lowest BCUT2D eigenvalue weighted by atomic mass is 9.69. The van der Waals surface area contributed by atoms with Gasteiger partial charge in [-0.05, 0) is 25.2 Å². The summed E-state index contributed by atoms with van der Waals surface area (Å²) in [5, 5.41) is 4.41. The van der Waals surface area contributed by atoms with Crippen LogP contribution in [0, 0.1) is 11.3 Å². The van der Waals surface area contributed by atoms with E-state index in [0.717, 1.165) is 25.7 Å². The van der Waals surface area contributed by atoms with E-state index in [1.165, 1.54) is 0 Å². The highest BCUT2D eigenvalue weighted by atomic mass is 16.2. The number of allylic oxidation sites excluding steroid dienone is 1. The highest BCUT2D eigenvalue weighted by molar-refractivity contribution is 6.19. The van der Waals surface area contributed by atoms with Gasteiger partial charge < -0.3 is 0 Å². The van der Waals surface area contributed by atoms with Crippen molar-refractivity contribution < 1.29 is 14.4 Å². The summed E-state index contributed by atoms with van der Waals surface area (Å²) in [5.74, 6) is -0.940. The summed E-state index contributed by atoms with van der Waals surface area (Å²) in [6, 6.07) is -0.724. The number of rotatable bonds is 3. The van der Waals surface area contributed by atoms with Crippen molar-refractivity contribution in [1.29, 1.82) is 0 Å². The van der Waals surface area contributed by atoms with Crippen LogP contribution in [-0.2, 0) is 9.59 Å². The molecule has 0 spiro atoms. The average Bonchev–Trinajstić information content (AvgIpc) is 2.77. The molecule has 2 N–H and O–H groups in total. The fourth-order valence-corrected chi connectivity index (χ4v) is 2.93.